The van der Waals surface area contributed by atoms with Crippen LogP contribution in [0.15, 0.2) is 59.2 Å². The summed E-state index contributed by atoms with van der Waals surface area (Å²) in [5, 5.41) is 13.1. The molecule has 182 valence electrons. The summed E-state index contributed by atoms with van der Waals surface area (Å²) in [5.74, 6) is -0.714. The number of piperidine rings is 1. The first-order valence-corrected chi connectivity index (χ1v) is 11.7. The predicted octanol–water partition coefficient (Wildman–Crippen LogP) is 4.56. The van der Waals surface area contributed by atoms with Gasteiger partial charge in [-0.1, -0.05) is 11.6 Å². The Morgan fingerprint density at radius 3 is 2.54 bits per heavy atom. The molecule has 1 saturated heterocycles. The minimum Gasteiger partial charge on any atom is -0.466 e. The van der Waals surface area contributed by atoms with Crippen LogP contribution in [0, 0.1) is 17.2 Å². The van der Waals surface area contributed by atoms with E-state index in [2.05, 4.69) is 21.3 Å². The second-order valence-corrected chi connectivity index (χ2v) is 8.50. The van der Waals surface area contributed by atoms with E-state index in [9.17, 15) is 14.9 Å². The van der Waals surface area contributed by atoms with Gasteiger partial charge in [0.15, 0.2) is 0 Å². The van der Waals surface area contributed by atoms with Crippen molar-refractivity contribution in [2.24, 2.45) is 16.6 Å². The first-order valence-electron chi connectivity index (χ1n) is 11.4. The number of hydrogen-bond acceptors (Lipinski definition) is 7. The van der Waals surface area contributed by atoms with Gasteiger partial charge in [-0.15, -0.1) is 0 Å². The maximum absolute atomic E-state index is 12.9. The third kappa shape index (κ3) is 6.61. The Labute approximate surface area is 210 Å². The zero-order chi connectivity index (χ0) is 25.4. The molecule has 0 radical (unpaired) electrons. The summed E-state index contributed by atoms with van der Waals surface area (Å²) < 4.78 is 5.13. The van der Waals surface area contributed by atoms with E-state index in [0.29, 0.717) is 60.2 Å². The summed E-state index contributed by atoms with van der Waals surface area (Å²) in [6, 6.07) is 14.3. The van der Waals surface area contributed by atoms with Crippen LogP contribution >= 0.6 is 11.6 Å². The van der Waals surface area contributed by atoms with Crippen LogP contribution in [0.4, 0.5) is 17.1 Å². The fraction of sp³-hybridized carbons (Fsp3) is 0.308. The molecule has 1 heterocycles. The molecule has 3 N–H and O–H groups in total. The van der Waals surface area contributed by atoms with Gasteiger partial charge in [0.05, 0.1) is 40.7 Å². The highest BCUT2D eigenvalue weighted by atomic mass is 35.5. The standard InChI is InChI=1S/C26H28ClN5O3/c1-3-35-26(34)18-10-12-32(13-11-18)24-9-8-22(14-19(24)15-28)31-25(33)23(16-29)17(2)30-21-6-4-20(27)5-7-21/h4-9,14,16,18H,3,10-13,29H2,1-2H3,(H,31,33). The van der Waals surface area contributed by atoms with Crippen molar-refractivity contribution in [1.82, 2.24) is 0 Å². The molecule has 1 aliphatic heterocycles. The van der Waals surface area contributed by atoms with E-state index in [1.807, 2.05) is 0 Å². The van der Waals surface area contributed by atoms with E-state index >= 15 is 0 Å². The number of esters is 1. The molecule has 1 fully saturated rings. The number of carbonyl (C=O) groups is 2. The molecule has 1 aliphatic rings. The van der Waals surface area contributed by atoms with Gasteiger partial charge in [0, 0.05) is 30.0 Å². The van der Waals surface area contributed by atoms with Gasteiger partial charge in [0.2, 0.25) is 0 Å². The van der Waals surface area contributed by atoms with Crippen molar-refractivity contribution >= 4 is 46.3 Å². The number of benzene rings is 2. The molecule has 8 nitrogen and oxygen atoms in total. The molecule has 9 heteroatoms. The second kappa shape index (κ2) is 12.0. The van der Waals surface area contributed by atoms with Gasteiger partial charge in [-0.3, -0.25) is 14.6 Å². The molecule has 3 rings (SSSR count). The topological polar surface area (TPSA) is 121 Å². The quantitative estimate of drug-likeness (QED) is 0.331. The van der Waals surface area contributed by atoms with Crippen molar-refractivity contribution in [3.05, 3.63) is 64.8 Å². The number of nitrogens with two attached hydrogens (primary N) is 1. The summed E-state index contributed by atoms with van der Waals surface area (Å²) in [5.41, 5.74) is 8.68. The molecule has 35 heavy (non-hydrogen) atoms. The highest BCUT2D eigenvalue weighted by Crippen LogP contribution is 2.29. The maximum atomic E-state index is 12.9. The second-order valence-electron chi connectivity index (χ2n) is 8.07. The first-order chi connectivity index (χ1) is 16.9. The normalized spacial score (nSPS) is 14.9. The van der Waals surface area contributed by atoms with Crippen LogP contribution in [0.2, 0.25) is 5.02 Å². The average Bonchev–Trinajstić information content (AvgIpc) is 2.86. The van der Waals surface area contributed by atoms with Crippen molar-refractivity contribution in [1.29, 1.82) is 5.26 Å². The Balaban J connectivity index is 1.70. The Bertz CT molecular complexity index is 1180. The number of anilines is 2. The number of nitriles is 1. The lowest BCUT2D eigenvalue weighted by molar-refractivity contribution is -0.148. The van der Waals surface area contributed by atoms with Gasteiger partial charge in [0.1, 0.15) is 6.07 Å². The summed E-state index contributed by atoms with van der Waals surface area (Å²) in [7, 11) is 0. The molecular formula is C26H28ClN5O3. The van der Waals surface area contributed by atoms with Gasteiger partial charge in [-0.2, -0.15) is 5.26 Å². The summed E-state index contributed by atoms with van der Waals surface area (Å²) in [6.07, 6.45) is 2.54. The number of carbonyl (C=O) groups excluding carboxylic acids is 2. The lowest BCUT2D eigenvalue weighted by Crippen LogP contribution is -2.37. The third-order valence-corrected chi connectivity index (χ3v) is 6.01. The van der Waals surface area contributed by atoms with Crippen LogP contribution in [0.3, 0.4) is 0 Å². The summed E-state index contributed by atoms with van der Waals surface area (Å²) in [6.45, 7) is 5.15. The minimum atomic E-state index is -0.436. The molecule has 0 unspecified atom stereocenters. The van der Waals surface area contributed by atoms with Gasteiger partial charge in [-0.05, 0) is 69.2 Å². The van der Waals surface area contributed by atoms with E-state index in [4.69, 9.17) is 22.1 Å². The first kappa shape index (κ1) is 25.8. The molecule has 0 aromatic heterocycles. The molecule has 1 amide bonds. The van der Waals surface area contributed by atoms with E-state index in [1.165, 1.54) is 6.20 Å². The molecule has 0 spiro atoms. The molecule has 0 atom stereocenters. The Morgan fingerprint density at radius 1 is 1.26 bits per heavy atom. The fourth-order valence-electron chi connectivity index (χ4n) is 3.92. The van der Waals surface area contributed by atoms with Crippen LogP contribution in [-0.2, 0) is 14.3 Å². The third-order valence-electron chi connectivity index (χ3n) is 5.75. The van der Waals surface area contributed by atoms with Crippen molar-refractivity contribution in [3.8, 4) is 6.07 Å². The van der Waals surface area contributed by atoms with Crippen molar-refractivity contribution in [2.45, 2.75) is 26.7 Å². The van der Waals surface area contributed by atoms with Crippen LogP contribution in [-0.4, -0.2) is 37.3 Å². The lowest BCUT2D eigenvalue weighted by atomic mass is 9.96. The minimum absolute atomic E-state index is 0.116. The number of amides is 1. The molecule has 2 aromatic carbocycles. The van der Waals surface area contributed by atoms with E-state index < -0.39 is 5.91 Å². The summed E-state index contributed by atoms with van der Waals surface area (Å²) in [4.78, 5) is 31.4. The predicted molar refractivity (Wildman–Crippen MR) is 138 cm³/mol. The number of nitrogens with zero attached hydrogens (tertiary/aromatic N) is 3. The zero-order valence-electron chi connectivity index (χ0n) is 19.8. The number of ether oxygens (including phenoxy) is 1. The lowest BCUT2D eigenvalue weighted by Gasteiger charge is -2.33. The van der Waals surface area contributed by atoms with Crippen molar-refractivity contribution in [3.63, 3.8) is 0 Å². The summed E-state index contributed by atoms with van der Waals surface area (Å²) >= 11 is 5.91. The van der Waals surface area contributed by atoms with E-state index in [-0.39, 0.29) is 17.5 Å². The molecule has 2 aromatic rings. The maximum Gasteiger partial charge on any atom is 0.309 e. The zero-order valence-corrected chi connectivity index (χ0v) is 20.5. The molecule has 0 aliphatic carbocycles. The van der Waals surface area contributed by atoms with Gasteiger partial charge >= 0.3 is 5.97 Å². The monoisotopic (exact) mass is 493 g/mol. The number of rotatable bonds is 7. The number of aliphatic imine (C=N–C) groups is 1. The average molecular weight is 494 g/mol. The van der Waals surface area contributed by atoms with Crippen LogP contribution in [0.5, 0.6) is 0 Å². The highest BCUT2D eigenvalue weighted by molar-refractivity contribution is 6.30. The number of halogens is 1. The largest absolute Gasteiger partial charge is 0.466 e. The van der Waals surface area contributed by atoms with Crippen LogP contribution in [0.25, 0.3) is 0 Å². The fourth-order valence-corrected chi connectivity index (χ4v) is 4.05. The molecule has 0 saturated carbocycles. The van der Waals surface area contributed by atoms with Gasteiger partial charge < -0.3 is 20.7 Å². The van der Waals surface area contributed by atoms with Crippen LogP contribution in [0.1, 0.15) is 32.3 Å². The van der Waals surface area contributed by atoms with Crippen LogP contribution < -0.4 is 16.0 Å². The van der Waals surface area contributed by atoms with Crippen molar-refractivity contribution < 1.29 is 14.3 Å². The molecule has 0 bridgehead atoms. The van der Waals surface area contributed by atoms with Crippen molar-refractivity contribution in [2.75, 3.05) is 29.9 Å². The SMILES string of the molecule is CCOC(=O)C1CCN(c2ccc(NC(=O)C(=CN)C(C)=Nc3ccc(Cl)cc3)cc2C#N)CC1. The van der Waals surface area contributed by atoms with Gasteiger partial charge in [0.25, 0.3) is 5.91 Å². The smallest absolute Gasteiger partial charge is 0.309 e. The van der Waals surface area contributed by atoms with Gasteiger partial charge in [-0.25, -0.2) is 0 Å². The molecular weight excluding hydrogens is 466 g/mol. The Kier molecular flexibility index (Phi) is 8.87. The van der Waals surface area contributed by atoms with E-state index in [0.717, 1.165) is 5.69 Å². The van der Waals surface area contributed by atoms with E-state index in [1.54, 1.807) is 56.3 Å². The number of hydrogen-bond donors (Lipinski definition) is 2. The Morgan fingerprint density at radius 2 is 1.94 bits per heavy atom. The highest BCUT2D eigenvalue weighted by Gasteiger charge is 2.27. The Hall–Kier alpha value is -3.83. The number of nitrogens with one attached hydrogen (secondary N) is 1.